The Labute approximate surface area is 228 Å². The van der Waals surface area contributed by atoms with Gasteiger partial charge in [0, 0.05) is 18.0 Å². The molecule has 3 heterocycles. The third-order valence-electron chi connectivity index (χ3n) is 5.59. The van der Waals surface area contributed by atoms with Crippen molar-refractivity contribution in [2.24, 2.45) is 7.05 Å². The van der Waals surface area contributed by atoms with E-state index >= 15 is 0 Å². The van der Waals surface area contributed by atoms with Gasteiger partial charge in [-0.2, -0.15) is 43.8 Å². The summed E-state index contributed by atoms with van der Waals surface area (Å²) in [4.78, 5) is 7.95. The monoisotopic (exact) mass is 611 g/mol. The van der Waals surface area contributed by atoms with Gasteiger partial charge in [-0.3, -0.25) is 9.23 Å². The molecular weight excluding hydrogens is 592 g/mol. The minimum Gasteiger partial charge on any atom is -0.466 e. The highest BCUT2D eigenvalue weighted by Crippen LogP contribution is 2.42. The van der Waals surface area contributed by atoms with Gasteiger partial charge in [0.25, 0.3) is 0 Å². The van der Waals surface area contributed by atoms with E-state index in [2.05, 4.69) is 15.1 Å². The Balaban J connectivity index is 2.13. The first-order valence-electron chi connectivity index (χ1n) is 11.2. The van der Waals surface area contributed by atoms with E-state index < -0.39 is 74.2 Å². The molecule has 4 rings (SSSR count). The van der Waals surface area contributed by atoms with Gasteiger partial charge >= 0.3 is 22.7 Å². The number of hydrogen-bond donors (Lipinski definition) is 1. The maximum absolute atomic E-state index is 13.7. The zero-order chi connectivity index (χ0) is 30.0. The molecule has 0 unspecified atom stereocenters. The molecule has 4 aromatic rings. The molecule has 3 aromatic heterocycles. The molecule has 0 radical (unpaired) electrons. The van der Waals surface area contributed by atoms with Gasteiger partial charge in [-0.05, 0) is 12.1 Å². The average Bonchev–Trinajstić information content (AvgIpc) is 3.32. The normalized spacial score (nSPS) is 13.3. The molecule has 1 N–H and O–H groups in total. The smallest absolute Gasteiger partial charge is 0.422 e. The number of hydrogen-bond acceptors (Lipinski definition) is 6. The maximum Gasteiger partial charge on any atom is 0.422 e. The SMILES string of the molecule is Cn1nc(C(C)(C)C)c(Cl)c1-c1nc2cc(-c3ccccc3C(F)(F)F)nc(OCC(F)(F)F)c2n1S(=O)(=O)O. The van der Waals surface area contributed by atoms with Crippen molar-refractivity contribution in [1.29, 1.82) is 0 Å². The second kappa shape index (κ2) is 9.62. The highest BCUT2D eigenvalue weighted by Gasteiger charge is 2.36. The van der Waals surface area contributed by atoms with E-state index in [1.807, 2.05) is 0 Å². The number of imidazole rings is 1. The van der Waals surface area contributed by atoms with Crippen LogP contribution in [0.3, 0.4) is 0 Å². The summed E-state index contributed by atoms with van der Waals surface area (Å²) in [6.45, 7) is 3.29. The molecule has 216 valence electrons. The molecule has 0 amide bonds. The lowest BCUT2D eigenvalue weighted by Crippen LogP contribution is -2.21. The van der Waals surface area contributed by atoms with Crippen molar-refractivity contribution in [3.63, 3.8) is 0 Å². The Kier molecular flexibility index (Phi) is 7.12. The number of rotatable bonds is 5. The highest BCUT2D eigenvalue weighted by molar-refractivity contribution is 7.84. The molecule has 0 spiro atoms. The zero-order valence-electron chi connectivity index (χ0n) is 21.1. The molecular formula is C23H20ClF6N5O4S. The van der Waals surface area contributed by atoms with E-state index in [0.29, 0.717) is 5.69 Å². The molecule has 0 saturated carbocycles. The molecule has 0 aliphatic heterocycles. The van der Waals surface area contributed by atoms with Gasteiger partial charge in [0.15, 0.2) is 12.4 Å². The van der Waals surface area contributed by atoms with Crippen LogP contribution in [0, 0.1) is 0 Å². The van der Waals surface area contributed by atoms with Crippen LogP contribution < -0.4 is 4.74 Å². The van der Waals surface area contributed by atoms with E-state index in [1.165, 1.54) is 13.1 Å². The number of halogens is 7. The lowest BCUT2D eigenvalue weighted by Gasteiger charge is -2.15. The summed E-state index contributed by atoms with van der Waals surface area (Å²) in [5.74, 6) is -1.64. The van der Waals surface area contributed by atoms with E-state index in [4.69, 9.17) is 16.3 Å². The second-order valence-electron chi connectivity index (χ2n) is 9.69. The fourth-order valence-corrected chi connectivity index (χ4v) is 5.26. The molecule has 9 nitrogen and oxygen atoms in total. The van der Waals surface area contributed by atoms with Crippen LogP contribution in [-0.4, -0.2) is 49.5 Å². The van der Waals surface area contributed by atoms with E-state index in [0.717, 1.165) is 28.9 Å². The largest absolute Gasteiger partial charge is 0.466 e. The summed E-state index contributed by atoms with van der Waals surface area (Å²) in [5, 5.41) is 4.20. The molecule has 0 bridgehead atoms. The molecule has 17 heteroatoms. The minimum absolute atomic E-state index is 0.0800. The van der Waals surface area contributed by atoms with Crippen molar-refractivity contribution in [3.05, 3.63) is 46.6 Å². The van der Waals surface area contributed by atoms with Crippen molar-refractivity contribution in [1.82, 2.24) is 23.7 Å². The number of alkyl halides is 6. The summed E-state index contributed by atoms with van der Waals surface area (Å²) >= 11 is 6.52. The van der Waals surface area contributed by atoms with Crippen LogP contribution >= 0.6 is 11.6 Å². The van der Waals surface area contributed by atoms with Crippen LogP contribution in [0.25, 0.3) is 33.8 Å². The lowest BCUT2D eigenvalue weighted by molar-refractivity contribution is -0.153. The molecule has 0 aliphatic rings. The number of benzene rings is 1. The summed E-state index contributed by atoms with van der Waals surface area (Å²) in [6, 6.07) is 5.05. The topological polar surface area (TPSA) is 112 Å². The van der Waals surface area contributed by atoms with Crippen LogP contribution in [-0.2, 0) is 28.9 Å². The summed E-state index contributed by atoms with van der Waals surface area (Å²) in [7, 11) is -3.95. The first-order chi connectivity index (χ1) is 18.2. The molecule has 0 saturated heterocycles. The number of nitrogens with zero attached hydrogens (tertiary/aromatic N) is 5. The lowest BCUT2D eigenvalue weighted by atomic mass is 9.92. The van der Waals surface area contributed by atoms with Crippen LogP contribution in [0.15, 0.2) is 30.3 Å². The molecule has 1 aromatic carbocycles. The zero-order valence-corrected chi connectivity index (χ0v) is 22.6. The van der Waals surface area contributed by atoms with E-state index in [-0.39, 0.29) is 14.7 Å². The van der Waals surface area contributed by atoms with Gasteiger partial charge in [-0.25, -0.2) is 9.97 Å². The molecule has 0 fully saturated rings. The quantitative estimate of drug-likeness (QED) is 0.216. The van der Waals surface area contributed by atoms with Gasteiger partial charge in [0.05, 0.1) is 27.5 Å². The van der Waals surface area contributed by atoms with Gasteiger partial charge in [-0.1, -0.05) is 50.6 Å². The molecule has 0 atom stereocenters. The number of aromatic nitrogens is 5. The van der Waals surface area contributed by atoms with Crippen molar-refractivity contribution in [2.75, 3.05) is 6.61 Å². The molecule has 0 aliphatic carbocycles. The highest BCUT2D eigenvalue weighted by atomic mass is 35.5. The van der Waals surface area contributed by atoms with Crippen molar-refractivity contribution in [3.8, 4) is 28.7 Å². The Hall–Kier alpha value is -3.37. The number of ether oxygens (including phenoxy) is 1. The van der Waals surface area contributed by atoms with Crippen molar-refractivity contribution >= 4 is 32.9 Å². The predicted molar refractivity (Wildman–Crippen MR) is 132 cm³/mol. The third kappa shape index (κ3) is 5.60. The standard InChI is InChI=1S/C23H20ClF6N5O4S/c1-21(2,3)18-15(24)17(34(4)33-18)19-31-14-9-13(11-7-5-6-8-12(11)23(28,29)30)32-20(39-10-22(25,26)27)16(14)35(19)40(36,37)38/h5-9H,10H2,1-4H3,(H,36,37,38). The Bertz CT molecular complexity index is 1720. The fraction of sp³-hybridized carbons (Fsp3) is 0.348. The number of pyridine rings is 1. The van der Waals surface area contributed by atoms with Gasteiger partial charge in [-0.15, -0.1) is 0 Å². The van der Waals surface area contributed by atoms with Gasteiger partial charge < -0.3 is 4.74 Å². The van der Waals surface area contributed by atoms with Gasteiger partial charge in [0.1, 0.15) is 11.2 Å². The summed E-state index contributed by atoms with van der Waals surface area (Å²) < 4.78 is 122. The van der Waals surface area contributed by atoms with Crippen LogP contribution in [0.5, 0.6) is 5.88 Å². The number of fused-ring (bicyclic) bond motifs is 1. The summed E-state index contributed by atoms with van der Waals surface area (Å²) in [5.41, 5.74) is -3.94. The Morgan fingerprint density at radius 3 is 2.20 bits per heavy atom. The Morgan fingerprint density at radius 1 is 1.05 bits per heavy atom. The first kappa shape index (κ1) is 29.6. The fourth-order valence-electron chi connectivity index (χ4n) is 3.98. The summed E-state index contributed by atoms with van der Waals surface area (Å²) in [6.07, 6.45) is -9.81. The molecule has 40 heavy (non-hydrogen) atoms. The van der Waals surface area contributed by atoms with Crippen molar-refractivity contribution < 1.29 is 44.0 Å². The van der Waals surface area contributed by atoms with Crippen molar-refractivity contribution in [2.45, 2.75) is 38.5 Å². The maximum atomic E-state index is 13.7. The third-order valence-corrected chi connectivity index (χ3v) is 6.76. The van der Waals surface area contributed by atoms with Gasteiger partial charge in [0.2, 0.25) is 5.88 Å². The minimum atomic E-state index is -5.34. The number of aryl methyl sites for hydroxylation is 1. The average molecular weight is 612 g/mol. The second-order valence-corrected chi connectivity index (χ2v) is 11.3. The van der Waals surface area contributed by atoms with Crippen LogP contribution in [0.1, 0.15) is 32.0 Å². The first-order valence-corrected chi connectivity index (χ1v) is 13.0. The van der Waals surface area contributed by atoms with E-state index in [9.17, 15) is 39.3 Å². The van der Waals surface area contributed by atoms with Crippen LogP contribution in [0.2, 0.25) is 5.02 Å². The Morgan fingerprint density at radius 2 is 1.68 bits per heavy atom. The predicted octanol–water partition coefficient (Wildman–Crippen LogP) is 6.06. The van der Waals surface area contributed by atoms with E-state index in [1.54, 1.807) is 20.8 Å². The van der Waals surface area contributed by atoms with Crippen LogP contribution in [0.4, 0.5) is 26.3 Å².